The van der Waals surface area contributed by atoms with Crippen LogP contribution in [0.25, 0.3) is 11.4 Å². The van der Waals surface area contributed by atoms with Gasteiger partial charge in [0.1, 0.15) is 18.5 Å². The maximum Gasteiger partial charge on any atom is 0.163 e. The number of nitrogen functional groups attached to an aromatic ring is 1. The van der Waals surface area contributed by atoms with Gasteiger partial charge in [-0.1, -0.05) is 0 Å². The molecule has 0 bridgehead atoms. The van der Waals surface area contributed by atoms with Crippen LogP contribution in [0, 0.1) is 6.92 Å². The monoisotopic (exact) mass is 190 g/mol. The summed E-state index contributed by atoms with van der Waals surface area (Å²) in [4.78, 5) is 12.1. The second-order valence-corrected chi connectivity index (χ2v) is 2.93. The van der Waals surface area contributed by atoms with E-state index in [1.807, 2.05) is 6.92 Å². The summed E-state index contributed by atoms with van der Waals surface area (Å²) in [6.07, 6.45) is 2.91. The van der Waals surface area contributed by atoms with E-state index >= 15 is 0 Å². The van der Waals surface area contributed by atoms with Crippen LogP contribution in [0.5, 0.6) is 0 Å². The van der Waals surface area contributed by atoms with Gasteiger partial charge in [-0.2, -0.15) is 5.10 Å². The van der Waals surface area contributed by atoms with E-state index in [0.717, 1.165) is 11.3 Å². The Bertz CT molecular complexity index is 440. The maximum atomic E-state index is 5.75. The number of aromatic nitrogens is 5. The van der Waals surface area contributed by atoms with E-state index in [9.17, 15) is 0 Å². The largest absolute Gasteiger partial charge is 0.383 e. The zero-order chi connectivity index (χ0) is 10.1. The number of anilines is 1. The highest BCUT2D eigenvalue weighted by Gasteiger charge is 2.12. The highest BCUT2D eigenvalue weighted by molar-refractivity contribution is 5.70. The third kappa shape index (κ3) is 1.20. The fraction of sp³-hybridized carbons (Fsp3) is 0.250. The van der Waals surface area contributed by atoms with Crippen LogP contribution < -0.4 is 5.73 Å². The molecule has 0 saturated heterocycles. The molecule has 0 aliphatic heterocycles. The Balaban J connectivity index is 2.68. The molecule has 2 N–H and O–H groups in total. The molecule has 72 valence electrons. The molecular weight excluding hydrogens is 180 g/mol. The summed E-state index contributed by atoms with van der Waals surface area (Å²) in [5.41, 5.74) is 7.29. The third-order valence-electron chi connectivity index (χ3n) is 2.00. The second kappa shape index (κ2) is 3.06. The van der Waals surface area contributed by atoms with Crippen molar-refractivity contribution in [3.63, 3.8) is 0 Å². The lowest BCUT2D eigenvalue weighted by Crippen LogP contribution is -2.03. The molecule has 2 aromatic rings. The normalized spacial score (nSPS) is 10.4. The number of hydrogen-bond acceptors (Lipinski definition) is 5. The van der Waals surface area contributed by atoms with E-state index in [1.165, 1.54) is 12.7 Å². The molecule has 2 aromatic heterocycles. The van der Waals surface area contributed by atoms with Gasteiger partial charge in [-0.3, -0.25) is 0 Å². The number of rotatable bonds is 1. The molecule has 0 atom stereocenters. The van der Waals surface area contributed by atoms with Gasteiger partial charge in [-0.25, -0.2) is 19.6 Å². The fourth-order valence-corrected chi connectivity index (χ4v) is 1.29. The Morgan fingerprint density at radius 3 is 2.57 bits per heavy atom. The zero-order valence-electron chi connectivity index (χ0n) is 7.97. The van der Waals surface area contributed by atoms with Crippen LogP contribution in [0.1, 0.15) is 5.69 Å². The van der Waals surface area contributed by atoms with E-state index in [1.54, 1.807) is 11.7 Å². The molecule has 0 aromatic carbocycles. The van der Waals surface area contributed by atoms with Crippen LogP contribution in [-0.2, 0) is 7.05 Å². The van der Waals surface area contributed by atoms with E-state index in [0.29, 0.717) is 11.6 Å². The standard InChI is InChI=1S/C8H10N6/c1-5-6(7(9)11-3-10-5)8-12-4-13-14(8)2/h3-4H,1-2H3,(H2,9,10,11). The van der Waals surface area contributed by atoms with Crippen LogP contribution in [0.4, 0.5) is 5.82 Å². The van der Waals surface area contributed by atoms with Gasteiger partial charge in [0.25, 0.3) is 0 Å². The van der Waals surface area contributed by atoms with Crippen molar-refractivity contribution in [3.05, 3.63) is 18.3 Å². The Labute approximate surface area is 80.8 Å². The third-order valence-corrected chi connectivity index (χ3v) is 2.00. The molecule has 2 heterocycles. The highest BCUT2D eigenvalue weighted by Crippen LogP contribution is 2.23. The minimum Gasteiger partial charge on any atom is -0.383 e. The minimum absolute atomic E-state index is 0.425. The number of nitrogens with two attached hydrogens (primary N) is 1. The van der Waals surface area contributed by atoms with Crippen LogP contribution in [0.2, 0.25) is 0 Å². The lowest BCUT2D eigenvalue weighted by Gasteiger charge is -2.05. The molecule has 0 unspecified atom stereocenters. The van der Waals surface area contributed by atoms with Gasteiger partial charge in [0.15, 0.2) is 5.82 Å². The van der Waals surface area contributed by atoms with Crippen LogP contribution in [0.15, 0.2) is 12.7 Å². The second-order valence-electron chi connectivity index (χ2n) is 2.93. The predicted molar refractivity (Wildman–Crippen MR) is 51.2 cm³/mol. The summed E-state index contributed by atoms with van der Waals surface area (Å²) in [5, 5.41) is 3.97. The first-order valence-corrected chi connectivity index (χ1v) is 4.11. The van der Waals surface area contributed by atoms with E-state index < -0.39 is 0 Å². The van der Waals surface area contributed by atoms with Crippen molar-refractivity contribution in [2.24, 2.45) is 7.05 Å². The fourth-order valence-electron chi connectivity index (χ4n) is 1.29. The van der Waals surface area contributed by atoms with Gasteiger partial charge in [0, 0.05) is 7.05 Å². The van der Waals surface area contributed by atoms with Crippen molar-refractivity contribution in [3.8, 4) is 11.4 Å². The predicted octanol–water partition coefficient (Wildman–Crippen LogP) is 0.163. The van der Waals surface area contributed by atoms with Crippen molar-refractivity contribution in [1.82, 2.24) is 24.7 Å². The number of nitrogens with zero attached hydrogens (tertiary/aromatic N) is 5. The van der Waals surface area contributed by atoms with E-state index in [4.69, 9.17) is 5.73 Å². The van der Waals surface area contributed by atoms with Crippen molar-refractivity contribution in [1.29, 1.82) is 0 Å². The zero-order valence-corrected chi connectivity index (χ0v) is 7.97. The van der Waals surface area contributed by atoms with Crippen molar-refractivity contribution < 1.29 is 0 Å². The smallest absolute Gasteiger partial charge is 0.163 e. The first kappa shape index (κ1) is 8.61. The molecule has 0 fully saturated rings. The van der Waals surface area contributed by atoms with E-state index in [2.05, 4.69) is 20.1 Å². The molecule has 0 saturated carbocycles. The Hall–Kier alpha value is -1.98. The molecule has 0 amide bonds. The SMILES string of the molecule is Cc1ncnc(N)c1-c1ncnn1C. The van der Waals surface area contributed by atoms with Crippen molar-refractivity contribution >= 4 is 5.82 Å². The van der Waals surface area contributed by atoms with Crippen molar-refractivity contribution in [2.75, 3.05) is 5.73 Å². The summed E-state index contributed by atoms with van der Waals surface area (Å²) in [6, 6.07) is 0. The molecule has 0 spiro atoms. The van der Waals surface area contributed by atoms with Crippen LogP contribution in [0.3, 0.4) is 0 Å². The average molecular weight is 190 g/mol. The van der Waals surface area contributed by atoms with Gasteiger partial charge >= 0.3 is 0 Å². The summed E-state index contributed by atoms with van der Waals surface area (Å²) in [5.74, 6) is 1.11. The van der Waals surface area contributed by atoms with Gasteiger partial charge < -0.3 is 5.73 Å². The topological polar surface area (TPSA) is 82.5 Å². The Kier molecular flexibility index (Phi) is 1.88. The number of aryl methyl sites for hydroxylation is 2. The summed E-state index contributed by atoms with van der Waals surface area (Å²) < 4.78 is 1.64. The van der Waals surface area contributed by atoms with Crippen molar-refractivity contribution in [2.45, 2.75) is 6.92 Å². The molecule has 6 heteroatoms. The highest BCUT2D eigenvalue weighted by atomic mass is 15.3. The Morgan fingerprint density at radius 1 is 1.21 bits per heavy atom. The first-order chi connectivity index (χ1) is 6.70. The maximum absolute atomic E-state index is 5.75. The average Bonchev–Trinajstić information content (AvgIpc) is 2.52. The van der Waals surface area contributed by atoms with E-state index in [-0.39, 0.29) is 0 Å². The molecule has 0 radical (unpaired) electrons. The molecular formula is C8H10N6. The number of hydrogen-bond donors (Lipinski definition) is 1. The van der Waals surface area contributed by atoms with Crippen LogP contribution >= 0.6 is 0 Å². The molecule has 6 nitrogen and oxygen atoms in total. The van der Waals surface area contributed by atoms with Crippen LogP contribution in [-0.4, -0.2) is 24.7 Å². The summed E-state index contributed by atoms with van der Waals surface area (Å²) in [6.45, 7) is 1.86. The summed E-state index contributed by atoms with van der Waals surface area (Å²) >= 11 is 0. The Morgan fingerprint density at radius 2 is 2.00 bits per heavy atom. The van der Waals surface area contributed by atoms with Gasteiger partial charge in [-0.05, 0) is 6.92 Å². The van der Waals surface area contributed by atoms with Gasteiger partial charge in [0.2, 0.25) is 0 Å². The molecule has 14 heavy (non-hydrogen) atoms. The van der Waals surface area contributed by atoms with Gasteiger partial charge in [-0.15, -0.1) is 0 Å². The molecule has 0 aliphatic carbocycles. The quantitative estimate of drug-likeness (QED) is 0.692. The first-order valence-electron chi connectivity index (χ1n) is 4.11. The molecule has 2 rings (SSSR count). The van der Waals surface area contributed by atoms with Gasteiger partial charge in [0.05, 0.1) is 11.3 Å². The summed E-state index contributed by atoms with van der Waals surface area (Å²) in [7, 11) is 1.80. The lowest BCUT2D eigenvalue weighted by molar-refractivity contribution is 0.773. The lowest BCUT2D eigenvalue weighted by atomic mass is 10.2. The minimum atomic E-state index is 0.425. The molecule has 0 aliphatic rings.